The minimum Gasteiger partial charge on any atom is -0.347 e. The second-order valence-corrected chi connectivity index (χ2v) is 7.09. The van der Waals surface area contributed by atoms with Gasteiger partial charge in [0.05, 0.1) is 11.3 Å². The maximum absolute atomic E-state index is 14.7. The Hall–Kier alpha value is -3.86. The third-order valence-corrected chi connectivity index (χ3v) is 5.05. The van der Waals surface area contributed by atoms with Gasteiger partial charge in [0.15, 0.2) is 5.82 Å². The van der Waals surface area contributed by atoms with Crippen LogP contribution in [-0.2, 0) is 6.54 Å². The zero-order valence-corrected chi connectivity index (χ0v) is 16.0. The number of imidazole rings is 1. The molecule has 0 aliphatic carbocycles. The molecule has 0 fully saturated rings. The normalized spacial score (nSPS) is 11.1. The van der Waals surface area contributed by atoms with Gasteiger partial charge in [-0.2, -0.15) is 0 Å². The van der Waals surface area contributed by atoms with Crippen molar-refractivity contribution in [2.45, 2.75) is 6.54 Å². The number of hydrogen-bond acceptors (Lipinski definition) is 2. The standard InChI is InChI=1S/C25H17F2N3/c26-21-9-5-4-8-20(21)25-28-23-12-13-30(16-24(23)29-25)15-19-11-10-18(14-22(19)27)17-6-2-1-3-7-17/h1-14,16H,15H2. The van der Waals surface area contributed by atoms with Crippen LogP contribution in [0.25, 0.3) is 33.9 Å². The van der Waals surface area contributed by atoms with E-state index in [2.05, 4.69) is 9.97 Å². The second kappa shape index (κ2) is 7.52. The van der Waals surface area contributed by atoms with Crippen molar-refractivity contribution in [2.24, 2.45) is 0 Å². The van der Waals surface area contributed by atoms with E-state index in [9.17, 15) is 8.78 Å². The highest BCUT2D eigenvalue weighted by molar-refractivity contribution is 5.66. The molecule has 0 spiro atoms. The fourth-order valence-electron chi connectivity index (χ4n) is 3.50. The predicted molar refractivity (Wildman–Crippen MR) is 113 cm³/mol. The first-order chi connectivity index (χ1) is 14.7. The monoisotopic (exact) mass is 397 g/mol. The summed E-state index contributed by atoms with van der Waals surface area (Å²) in [4.78, 5) is 8.87. The number of nitrogens with zero attached hydrogens (tertiary/aromatic N) is 3. The Morgan fingerprint density at radius 3 is 2.27 bits per heavy atom. The van der Waals surface area contributed by atoms with Gasteiger partial charge >= 0.3 is 0 Å². The van der Waals surface area contributed by atoms with Crippen LogP contribution in [0.5, 0.6) is 0 Å². The van der Waals surface area contributed by atoms with Crippen molar-refractivity contribution in [1.82, 2.24) is 14.5 Å². The van der Waals surface area contributed by atoms with Crippen LogP contribution in [0.2, 0.25) is 0 Å². The Morgan fingerprint density at radius 2 is 1.47 bits per heavy atom. The van der Waals surface area contributed by atoms with Crippen LogP contribution in [0.15, 0.2) is 91.3 Å². The zero-order valence-electron chi connectivity index (χ0n) is 16.0. The Kier molecular flexibility index (Phi) is 4.56. The third kappa shape index (κ3) is 3.46. The van der Waals surface area contributed by atoms with Gasteiger partial charge in [0.25, 0.3) is 0 Å². The molecule has 5 rings (SSSR count). The lowest BCUT2D eigenvalue weighted by molar-refractivity contribution is 0.599. The van der Waals surface area contributed by atoms with E-state index < -0.39 is 0 Å². The maximum Gasteiger partial charge on any atom is 0.163 e. The van der Waals surface area contributed by atoms with Crippen molar-refractivity contribution in [3.05, 3.63) is 108 Å². The van der Waals surface area contributed by atoms with E-state index in [0.717, 1.165) is 11.1 Å². The number of halogens is 2. The molecule has 0 bridgehead atoms. The van der Waals surface area contributed by atoms with Crippen LogP contribution < -0.4 is 0 Å². The van der Waals surface area contributed by atoms with Gasteiger partial charge in [0.2, 0.25) is 0 Å². The van der Waals surface area contributed by atoms with Crippen LogP contribution in [0.4, 0.5) is 8.78 Å². The number of rotatable bonds is 4. The summed E-state index contributed by atoms with van der Waals surface area (Å²) in [6, 6.07) is 23.2. The van der Waals surface area contributed by atoms with Gasteiger partial charge in [-0.3, -0.25) is 0 Å². The molecule has 0 N–H and O–H groups in total. The first kappa shape index (κ1) is 18.2. The Balaban J connectivity index is 1.43. The quantitative estimate of drug-likeness (QED) is 0.370. The Morgan fingerprint density at radius 1 is 0.700 bits per heavy atom. The average Bonchev–Trinajstić information content (AvgIpc) is 3.19. The van der Waals surface area contributed by atoms with Crippen LogP contribution >= 0.6 is 0 Å². The van der Waals surface area contributed by atoms with Crippen LogP contribution in [0, 0.1) is 11.6 Å². The van der Waals surface area contributed by atoms with Crippen LogP contribution in [-0.4, -0.2) is 14.5 Å². The molecule has 3 aromatic carbocycles. The van der Waals surface area contributed by atoms with Gasteiger partial charge in [-0.1, -0.05) is 54.6 Å². The lowest BCUT2D eigenvalue weighted by Gasteiger charge is -2.10. The molecule has 2 aliphatic heterocycles. The topological polar surface area (TPSA) is 30.7 Å². The number of aromatic nitrogens is 3. The predicted octanol–water partition coefficient (Wildman–Crippen LogP) is 6.04. The van der Waals surface area contributed by atoms with Crippen LogP contribution in [0.3, 0.4) is 0 Å². The van der Waals surface area contributed by atoms with Crippen molar-refractivity contribution in [3.63, 3.8) is 0 Å². The number of fused-ring (bicyclic) bond motifs is 1. The molecule has 3 aromatic rings. The minimum atomic E-state index is -0.360. The summed E-state index contributed by atoms with van der Waals surface area (Å²) in [6.45, 7) is 0.360. The highest BCUT2D eigenvalue weighted by Crippen LogP contribution is 2.27. The van der Waals surface area contributed by atoms with Crippen molar-refractivity contribution < 1.29 is 8.78 Å². The molecule has 0 unspecified atom stereocenters. The smallest absolute Gasteiger partial charge is 0.163 e. The van der Waals surface area contributed by atoms with Gasteiger partial charge in [0, 0.05) is 24.5 Å². The van der Waals surface area contributed by atoms with Crippen molar-refractivity contribution in [3.8, 4) is 33.9 Å². The Bertz CT molecular complexity index is 1290. The molecule has 30 heavy (non-hydrogen) atoms. The molecule has 0 saturated carbocycles. The van der Waals surface area contributed by atoms with Gasteiger partial charge in [-0.25, -0.2) is 18.7 Å². The molecule has 0 aromatic heterocycles. The molecule has 5 heteroatoms. The molecule has 3 nitrogen and oxygen atoms in total. The average molecular weight is 397 g/mol. The van der Waals surface area contributed by atoms with E-state index in [4.69, 9.17) is 0 Å². The summed E-state index contributed by atoms with van der Waals surface area (Å²) in [5.74, 6) is -0.273. The van der Waals surface area contributed by atoms with E-state index in [1.807, 2.05) is 53.2 Å². The number of hydrogen-bond donors (Lipinski definition) is 0. The van der Waals surface area contributed by atoms with Gasteiger partial charge < -0.3 is 4.57 Å². The highest BCUT2D eigenvalue weighted by Gasteiger charge is 2.15. The number of benzene rings is 3. The summed E-state index contributed by atoms with van der Waals surface area (Å²) < 4.78 is 30.6. The largest absolute Gasteiger partial charge is 0.347 e. The summed E-state index contributed by atoms with van der Waals surface area (Å²) in [5.41, 5.74) is 4.07. The first-order valence-electron chi connectivity index (χ1n) is 9.60. The SMILES string of the molecule is Fc1cc(-c2ccccc2)ccc1Cn1ccc2nc(-c3ccccc3F)nc-2c1. The van der Waals surface area contributed by atoms with Gasteiger partial charge in [0.1, 0.15) is 17.3 Å². The Labute approximate surface area is 172 Å². The van der Waals surface area contributed by atoms with E-state index in [-0.39, 0.29) is 11.6 Å². The molecular weight excluding hydrogens is 380 g/mol. The van der Waals surface area contributed by atoms with Gasteiger partial charge in [-0.15, -0.1) is 0 Å². The third-order valence-electron chi connectivity index (χ3n) is 5.05. The molecule has 2 aliphatic rings. The fourth-order valence-corrected chi connectivity index (χ4v) is 3.50. The van der Waals surface area contributed by atoms with Crippen molar-refractivity contribution in [2.75, 3.05) is 0 Å². The summed E-state index contributed by atoms with van der Waals surface area (Å²) in [6.07, 6.45) is 3.63. The first-order valence-corrected chi connectivity index (χ1v) is 9.60. The molecule has 0 radical (unpaired) electrons. The van der Waals surface area contributed by atoms with Crippen molar-refractivity contribution >= 4 is 0 Å². The van der Waals surface area contributed by atoms with E-state index in [1.54, 1.807) is 36.5 Å². The lowest BCUT2D eigenvalue weighted by Crippen LogP contribution is -2.03. The molecule has 0 amide bonds. The maximum atomic E-state index is 14.7. The van der Waals surface area contributed by atoms with Crippen molar-refractivity contribution in [1.29, 1.82) is 0 Å². The summed E-state index contributed by atoms with van der Waals surface area (Å²) >= 11 is 0. The molecule has 2 heterocycles. The highest BCUT2D eigenvalue weighted by atomic mass is 19.1. The minimum absolute atomic E-state index is 0.260. The lowest BCUT2D eigenvalue weighted by atomic mass is 10.0. The van der Waals surface area contributed by atoms with E-state index in [0.29, 0.717) is 34.9 Å². The summed E-state index contributed by atoms with van der Waals surface area (Å²) in [5, 5.41) is 0. The second-order valence-electron chi connectivity index (χ2n) is 7.09. The number of pyridine rings is 1. The van der Waals surface area contributed by atoms with E-state index in [1.165, 1.54) is 6.07 Å². The molecule has 0 atom stereocenters. The van der Waals surface area contributed by atoms with Gasteiger partial charge in [-0.05, 0) is 35.4 Å². The molecular formula is C25H17F2N3. The van der Waals surface area contributed by atoms with Crippen LogP contribution in [0.1, 0.15) is 5.56 Å². The fraction of sp³-hybridized carbons (Fsp3) is 0.0400. The van der Waals surface area contributed by atoms with E-state index >= 15 is 0 Å². The molecule has 146 valence electrons. The zero-order chi connectivity index (χ0) is 20.5. The summed E-state index contributed by atoms with van der Waals surface area (Å²) in [7, 11) is 0. The molecule has 0 saturated heterocycles.